The first-order valence-corrected chi connectivity index (χ1v) is 8.70. The molecule has 1 aliphatic rings. The molecule has 0 unspecified atom stereocenters. The van der Waals surface area contributed by atoms with Gasteiger partial charge in [0, 0.05) is 13.5 Å². The second-order valence-corrected chi connectivity index (χ2v) is 6.39. The molecule has 0 saturated carbocycles. The molecular weight excluding hydrogens is 298 g/mol. The van der Waals surface area contributed by atoms with Gasteiger partial charge < -0.3 is 5.32 Å². The lowest BCUT2D eigenvalue weighted by Crippen LogP contribution is -2.27. The first kappa shape index (κ1) is 16.7. The molecule has 3 rings (SSSR count). The number of carbonyl (C=O) groups is 1. The van der Waals surface area contributed by atoms with Crippen LogP contribution in [0, 0.1) is 0 Å². The normalized spacial score (nSPS) is 17.8. The molecule has 1 aromatic heterocycles. The zero-order chi connectivity index (χ0) is 16.8. The average molecular weight is 323 g/mol. The average Bonchev–Trinajstić information content (AvgIpc) is 3.08. The fourth-order valence-corrected chi connectivity index (χ4v) is 3.34. The molecule has 24 heavy (non-hydrogen) atoms. The third-order valence-corrected chi connectivity index (χ3v) is 4.58. The standard InChI is InChI=1S/C20H25N3O/c1-16(24)21-15-18-9-5-10-19(22-18)20-11-6-13-23(20)14-12-17-7-3-2-4-8-17/h2-5,7-10,20H,6,11-15H2,1H3,(H,21,24)/t20-/m0/s1. The molecule has 126 valence electrons. The molecule has 1 amide bonds. The van der Waals surface area contributed by atoms with Crippen LogP contribution >= 0.6 is 0 Å². The minimum atomic E-state index is -0.0208. The molecule has 0 bridgehead atoms. The molecule has 1 aromatic carbocycles. The molecule has 4 nitrogen and oxygen atoms in total. The molecule has 4 heteroatoms. The zero-order valence-electron chi connectivity index (χ0n) is 14.2. The third-order valence-electron chi connectivity index (χ3n) is 4.58. The summed E-state index contributed by atoms with van der Waals surface area (Å²) in [6.45, 7) is 4.23. The molecule has 2 aromatic rings. The van der Waals surface area contributed by atoms with Crippen LogP contribution in [-0.4, -0.2) is 28.9 Å². The Balaban J connectivity index is 1.64. The number of nitrogens with zero attached hydrogens (tertiary/aromatic N) is 2. The smallest absolute Gasteiger partial charge is 0.217 e. The van der Waals surface area contributed by atoms with Crippen LogP contribution in [0.5, 0.6) is 0 Å². The monoisotopic (exact) mass is 323 g/mol. The summed E-state index contributed by atoms with van der Waals surface area (Å²) in [6.07, 6.45) is 3.45. The Morgan fingerprint density at radius 2 is 2.04 bits per heavy atom. The third kappa shape index (κ3) is 4.42. The van der Waals surface area contributed by atoms with Gasteiger partial charge in [0.2, 0.25) is 5.91 Å². The lowest BCUT2D eigenvalue weighted by molar-refractivity contribution is -0.119. The van der Waals surface area contributed by atoms with Crippen molar-refractivity contribution in [1.29, 1.82) is 0 Å². The Labute approximate surface area is 143 Å². The molecule has 0 spiro atoms. The van der Waals surface area contributed by atoms with Crippen molar-refractivity contribution < 1.29 is 4.79 Å². The Morgan fingerprint density at radius 1 is 1.21 bits per heavy atom. The van der Waals surface area contributed by atoms with Gasteiger partial charge in [-0.05, 0) is 43.5 Å². The molecule has 1 fully saturated rings. The number of aromatic nitrogens is 1. The number of hydrogen-bond donors (Lipinski definition) is 1. The van der Waals surface area contributed by atoms with Gasteiger partial charge in [0.15, 0.2) is 0 Å². The lowest BCUT2D eigenvalue weighted by atomic mass is 10.1. The highest BCUT2D eigenvalue weighted by atomic mass is 16.1. The van der Waals surface area contributed by atoms with Gasteiger partial charge in [-0.1, -0.05) is 36.4 Å². The van der Waals surface area contributed by atoms with E-state index in [2.05, 4.69) is 46.6 Å². The first-order valence-electron chi connectivity index (χ1n) is 8.70. The fraction of sp³-hybridized carbons (Fsp3) is 0.400. The number of nitrogens with one attached hydrogen (secondary N) is 1. The summed E-state index contributed by atoms with van der Waals surface area (Å²) in [5, 5.41) is 2.82. The number of carbonyl (C=O) groups excluding carboxylic acids is 1. The maximum Gasteiger partial charge on any atom is 0.217 e. The van der Waals surface area contributed by atoms with E-state index in [9.17, 15) is 4.79 Å². The number of rotatable bonds is 6. The molecule has 1 N–H and O–H groups in total. The Hall–Kier alpha value is -2.20. The second kappa shape index (κ2) is 8.06. The van der Waals surface area contributed by atoms with Crippen molar-refractivity contribution >= 4 is 5.91 Å². The number of benzene rings is 1. The van der Waals surface area contributed by atoms with Gasteiger partial charge in [-0.25, -0.2) is 0 Å². The minimum absolute atomic E-state index is 0.0208. The van der Waals surface area contributed by atoms with Crippen molar-refractivity contribution in [2.75, 3.05) is 13.1 Å². The van der Waals surface area contributed by atoms with Crippen LogP contribution in [0.4, 0.5) is 0 Å². The Morgan fingerprint density at radius 3 is 2.83 bits per heavy atom. The summed E-state index contributed by atoms with van der Waals surface area (Å²) < 4.78 is 0. The maximum absolute atomic E-state index is 11.1. The highest BCUT2D eigenvalue weighted by Gasteiger charge is 2.26. The van der Waals surface area contributed by atoms with Gasteiger partial charge in [-0.15, -0.1) is 0 Å². The largest absolute Gasteiger partial charge is 0.351 e. The number of likely N-dealkylation sites (tertiary alicyclic amines) is 1. The number of hydrogen-bond acceptors (Lipinski definition) is 3. The molecule has 1 atom stereocenters. The summed E-state index contributed by atoms with van der Waals surface area (Å²) >= 11 is 0. The molecule has 0 aliphatic carbocycles. The van der Waals surface area contributed by atoms with Crippen LogP contribution in [0.2, 0.25) is 0 Å². The van der Waals surface area contributed by atoms with Crippen molar-refractivity contribution in [3.05, 3.63) is 65.5 Å². The number of amides is 1. The van der Waals surface area contributed by atoms with E-state index >= 15 is 0 Å². The Bertz CT molecular complexity index is 672. The second-order valence-electron chi connectivity index (χ2n) is 6.39. The van der Waals surface area contributed by atoms with Crippen molar-refractivity contribution in [2.45, 2.75) is 38.8 Å². The summed E-state index contributed by atoms with van der Waals surface area (Å²) in [5.74, 6) is -0.0208. The quantitative estimate of drug-likeness (QED) is 0.888. The van der Waals surface area contributed by atoms with E-state index in [1.54, 1.807) is 0 Å². The zero-order valence-corrected chi connectivity index (χ0v) is 14.2. The predicted octanol–water partition coefficient (Wildman–Crippen LogP) is 3.10. The van der Waals surface area contributed by atoms with Gasteiger partial charge >= 0.3 is 0 Å². The van der Waals surface area contributed by atoms with E-state index in [0.29, 0.717) is 12.6 Å². The van der Waals surface area contributed by atoms with Crippen molar-refractivity contribution in [3.63, 3.8) is 0 Å². The molecule has 1 saturated heterocycles. The SMILES string of the molecule is CC(=O)NCc1cccc([C@@H]2CCCN2CCc2ccccc2)n1. The van der Waals surface area contributed by atoms with Gasteiger partial charge in [0.05, 0.1) is 24.0 Å². The van der Waals surface area contributed by atoms with E-state index in [0.717, 1.165) is 37.3 Å². The van der Waals surface area contributed by atoms with Gasteiger partial charge in [0.1, 0.15) is 0 Å². The van der Waals surface area contributed by atoms with Crippen LogP contribution in [-0.2, 0) is 17.8 Å². The highest BCUT2D eigenvalue weighted by Crippen LogP contribution is 2.30. The van der Waals surface area contributed by atoms with E-state index in [4.69, 9.17) is 4.98 Å². The van der Waals surface area contributed by atoms with Crippen LogP contribution in [0.15, 0.2) is 48.5 Å². The summed E-state index contributed by atoms with van der Waals surface area (Å²) in [7, 11) is 0. The molecule has 2 heterocycles. The molecular formula is C20H25N3O. The lowest BCUT2D eigenvalue weighted by Gasteiger charge is -2.24. The van der Waals surface area contributed by atoms with E-state index < -0.39 is 0 Å². The van der Waals surface area contributed by atoms with Crippen LogP contribution in [0.1, 0.15) is 42.8 Å². The molecule has 1 aliphatic heterocycles. The number of pyridine rings is 1. The summed E-state index contributed by atoms with van der Waals surface area (Å²) in [6, 6.07) is 17.2. The maximum atomic E-state index is 11.1. The highest BCUT2D eigenvalue weighted by molar-refractivity contribution is 5.72. The van der Waals surface area contributed by atoms with E-state index in [1.165, 1.54) is 18.9 Å². The van der Waals surface area contributed by atoms with Crippen LogP contribution in [0.3, 0.4) is 0 Å². The van der Waals surface area contributed by atoms with Crippen molar-refractivity contribution in [1.82, 2.24) is 15.2 Å². The van der Waals surface area contributed by atoms with Gasteiger partial charge in [-0.2, -0.15) is 0 Å². The molecule has 0 radical (unpaired) electrons. The van der Waals surface area contributed by atoms with E-state index in [-0.39, 0.29) is 5.91 Å². The van der Waals surface area contributed by atoms with Gasteiger partial charge in [0.25, 0.3) is 0 Å². The van der Waals surface area contributed by atoms with Crippen LogP contribution < -0.4 is 5.32 Å². The topological polar surface area (TPSA) is 45.2 Å². The van der Waals surface area contributed by atoms with Crippen molar-refractivity contribution in [2.24, 2.45) is 0 Å². The van der Waals surface area contributed by atoms with Crippen molar-refractivity contribution in [3.8, 4) is 0 Å². The van der Waals surface area contributed by atoms with E-state index in [1.807, 2.05) is 12.1 Å². The minimum Gasteiger partial charge on any atom is -0.351 e. The summed E-state index contributed by atoms with van der Waals surface area (Å²) in [5.41, 5.74) is 3.44. The van der Waals surface area contributed by atoms with Crippen LogP contribution in [0.25, 0.3) is 0 Å². The first-order chi connectivity index (χ1) is 11.7. The predicted molar refractivity (Wildman–Crippen MR) is 95.5 cm³/mol. The van der Waals surface area contributed by atoms with Gasteiger partial charge in [-0.3, -0.25) is 14.7 Å². The Kier molecular flexibility index (Phi) is 5.59. The fourth-order valence-electron chi connectivity index (χ4n) is 3.34. The summed E-state index contributed by atoms with van der Waals surface area (Å²) in [4.78, 5) is 18.4.